The van der Waals surface area contributed by atoms with Gasteiger partial charge in [-0.3, -0.25) is 4.79 Å². The van der Waals surface area contributed by atoms with Gasteiger partial charge in [-0.1, -0.05) is 45.0 Å². The molecule has 0 aliphatic heterocycles. The van der Waals surface area contributed by atoms with Gasteiger partial charge in [0.1, 0.15) is 5.75 Å². The maximum Gasteiger partial charge on any atom is 0.176 e. The van der Waals surface area contributed by atoms with Gasteiger partial charge < -0.3 is 10.4 Å². The maximum atomic E-state index is 12.0. The average Bonchev–Trinajstić information content (AvgIpc) is 2.47. The number of aromatic hydroxyl groups is 1. The molecule has 2 N–H and O–H groups in total. The molecule has 0 heterocycles. The molecule has 0 spiro atoms. The Morgan fingerprint density at radius 3 is 2.14 bits per heavy atom. The van der Waals surface area contributed by atoms with Crippen molar-refractivity contribution >= 4 is 5.78 Å². The van der Waals surface area contributed by atoms with Crippen molar-refractivity contribution in [1.82, 2.24) is 5.32 Å². The fourth-order valence-corrected chi connectivity index (χ4v) is 2.19. The molecule has 0 bridgehead atoms. The van der Waals surface area contributed by atoms with Crippen molar-refractivity contribution in [3.63, 3.8) is 0 Å². The Morgan fingerprint density at radius 2 is 1.59 bits per heavy atom. The number of phenolic OH excluding ortho intramolecular Hbond substituents is 1. The highest BCUT2D eigenvalue weighted by atomic mass is 16.3. The fraction of sp³-hybridized carbons (Fsp3) is 0.316. The lowest BCUT2D eigenvalue weighted by Gasteiger charge is -2.19. The van der Waals surface area contributed by atoms with E-state index in [0.29, 0.717) is 12.1 Å². The molecule has 3 nitrogen and oxygen atoms in total. The number of ketones is 1. The second-order valence-electron chi connectivity index (χ2n) is 6.52. The van der Waals surface area contributed by atoms with E-state index in [9.17, 15) is 9.90 Å². The third kappa shape index (κ3) is 4.43. The number of Topliss-reactive ketones (excluding diaryl/α,β-unsaturated/α-hetero) is 1. The molecule has 0 unspecified atom stereocenters. The summed E-state index contributed by atoms with van der Waals surface area (Å²) in [5.41, 5.74) is 3.22. The van der Waals surface area contributed by atoms with Crippen molar-refractivity contribution in [2.45, 2.75) is 32.7 Å². The minimum absolute atomic E-state index is 0.0197. The normalized spacial score (nSPS) is 11.4. The van der Waals surface area contributed by atoms with Crippen molar-refractivity contribution in [3.8, 4) is 5.75 Å². The summed E-state index contributed by atoms with van der Waals surface area (Å²) in [4.78, 5) is 12.0. The third-order valence-electron chi connectivity index (χ3n) is 3.62. The Balaban J connectivity index is 1.86. The zero-order valence-electron chi connectivity index (χ0n) is 13.4. The molecule has 2 aromatic rings. The standard InChI is InChI=1S/C19H23NO2/c1-19(2,3)16-8-4-14(5-9-16)12-20-13-18(22)15-6-10-17(21)11-7-15/h4-11,20-21H,12-13H2,1-3H3. The second-order valence-corrected chi connectivity index (χ2v) is 6.52. The van der Waals surface area contributed by atoms with E-state index in [1.54, 1.807) is 12.1 Å². The molecule has 0 amide bonds. The first-order valence-corrected chi connectivity index (χ1v) is 7.48. The van der Waals surface area contributed by atoms with Crippen LogP contribution in [0.5, 0.6) is 5.75 Å². The molecule has 116 valence electrons. The number of carbonyl (C=O) groups excluding carboxylic acids is 1. The molecule has 3 heteroatoms. The zero-order chi connectivity index (χ0) is 16.2. The van der Waals surface area contributed by atoms with Gasteiger partial charge in [0.2, 0.25) is 0 Å². The van der Waals surface area contributed by atoms with Crippen LogP contribution in [0.2, 0.25) is 0 Å². The van der Waals surface area contributed by atoms with Gasteiger partial charge in [0.25, 0.3) is 0 Å². The van der Waals surface area contributed by atoms with Crippen LogP contribution in [0.3, 0.4) is 0 Å². The molecular formula is C19H23NO2. The number of nitrogens with one attached hydrogen (secondary N) is 1. The summed E-state index contributed by atoms with van der Waals surface area (Å²) in [7, 11) is 0. The molecule has 2 aromatic carbocycles. The summed E-state index contributed by atoms with van der Waals surface area (Å²) in [6, 6.07) is 14.8. The van der Waals surface area contributed by atoms with Crippen molar-refractivity contribution in [3.05, 3.63) is 65.2 Å². The summed E-state index contributed by atoms with van der Waals surface area (Å²) in [6.45, 7) is 7.52. The van der Waals surface area contributed by atoms with Crippen LogP contribution in [-0.4, -0.2) is 17.4 Å². The summed E-state index contributed by atoms with van der Waals surface area (Å²) < 4.78 is 0. The van der Waals surface area contributed by atoms with Gasteiger partial charge in [-0.05, 0) is 40.8 Å². The Morgan fingerprint density at radius 1 is 1.00 bits per heavy atom. The van der Waals surface area contributed by atoms with E-state index in [1.807, 2.05) is 0 Å². The van der Waals surface area contributed by atoms with Crippen LogP contribution in [0.4, 0.5) is 0 Å². The Bertz CT molecular complexity index is 622. The summed E-state index contributed by atoms with van der Waals surface area (Å²) in [5.74, 6) is 0.190. The highest BCUT2D eigenvalue weighted by molar-refractivity contribution is 5.97. The highest BCUT2D eigenvalue weighted by Gasteiger charge is 2.12. The summed E-state index contributed by atoms with van der Waals surface area (Å²) in [6.07, 6.45) is 0. The second kappa shape index (κ2) is 6.75. The number of benzene rings is 2. The quantitative estimate of drug-likeness (QED) is 0.828. The van der Waals surface area contributed by atoms with Crippen LogP contribution in [0.25, 0.3) is 0 Å². The number of hydrogen-bond acceptors (Lipinski definition) is 3. The van der Waals surface area contributed by atoms with Crippen LogP contribution in [0.1, 0.15) is 42.3 Å². The smallest absolute Gasteiger partial charge is 0.176 e. The number of rotatable bonds is 5. The topological polar surface area (TPSA) is 49.3 Å². The van der Waals surface area contributed by atoms with Crippen molar-refractivity contribution in [2.24, 2.45) is 0 Å². The molecule has 0 aromatic heterocycles. The van der Waals surface area contributed by atoms with Crippen molar-refractivity contribution in [1.29, 1.82) is 0 Å². The Kier molecular flexibility index (Phi) is 4.99. The monoisotopic (exact) mass is 297 g/mol. The highest BCUT2D eigenvalue weighted by Crippen LogP contribution is 2.22. The molecular weight excluding hydrogens is 274 g/mol. The van der Waals surface area contributed by atoms with E-state index in [0.717, 1.165) is 5.56 Å². The molecule has 0 atom stereocenters. The Labute approximate surface area is 132 Å². The SMILES string of the molecule is CC(C)(C)c1ccc(CNCC(=O)c2ccc(O)cc2)cc1. The lowest BCUT2D eigenvalue weighted by atomic mass is 9.87. The first-order valence-electron chi connectivity index (χ1n) is 7.48. The lowest BCUT2D eigenvalue weighted by molar-refractivity contribution is 0.0991. The minimum Gasteiger partial charge on any atom is -0.508 e. The fourth-order valence-electron chi connectivity index (χ4n) is 2.19. The molecule has 0 saturated heterocycles. The Hall–Kier alpha value is -2.13. The van der Waals surface area contributed by atoms with E-state index in [-0.39, 0.29) is 23.5 Å². The predicted octanol–water partition coefficient (Wildman–Crippen LogP) is 3.66. The van der Waals surface area contributed by atoms with Gasteiger partial charge in [-0.2, -0.15) is 0 Å². The van der Waals surface area contributed by atoms with E-state index >= 15 is 0 Å². The lowest BCUT2D eigenvalue weighted by Crippen LogP contribution is -2.22. The van der Waals surface area contributed by atoms with Crippen molar-refractivity contribution in [2.75, 3.05) is 6.54 Å². The van der Waals surface area contributed by atoms with E-state index < -0.39 is 0 Å². The number of hydrogen-bond donors (Lipinski definition) is 2. The van der Waals surface area contributed by atoms with Crippen LogP contribution in [-0.2, 0) is 12.0 Å². The molecule has 0 radical (unpaired) electrons. The average molecular weight is 297 g/mol. The minimum atomic E-state index is 0.0197. The first kappa shape index (κ1) is 16.2. The van der Waals surface area contributed by atoms with Crippen molar-refractivity contribution < 1.29 is 9.90 Å². The molecule has 0 saturated carbocycles. The molecule has 0 aliphatic carbocycles. The summed E-state index contributed by atoms with van der Waals surface area (Å²) >= 11 is 0. The van der Waals surface area contributed by atoms with Gasteiger partial charge in [-0.15, -0.1) is 0 Å². The molecule has 0 fully saturated rings. The van der Waals surface area contributed by atoms with Gasteiger partial charge in [-0.25, -0.2) is 0 Å². The maximum absolute atomic E-state index is 12.0. The first-order chi connectivity index (χ1) is 10.4. The largest absolute Gasteiger partial charge is 0.508 e. The van der Waals surface area contributed by atoms with E-state index in [2.05, 4.69) is 50.4 Å². The van der Waals surface area contributed by atoms with Crippen LogP contribution < -0.4 is 5.32 Å². The molecule has 2 rings (SSSR count). The number of carbonyl (C=O) groups is 1. The van der Waals surface area contributed by atoms with Crippen LogP contribution in [0, 0.1) is 0 Å². The third-order valence-corrected chi connectivity index (χ3v) is 3.62. The summed E-state index contributed by atoms with van der Waals surface area (Å²) in [5, 5.41) is 12.4. The van der Waals surface area contributed by atoms with Gasteiger partial charge in [0.05, 0.1) is 6.54 Å². The predicted molar refractivity (Wildman–Crippen MR) is 89.3 cm³/mol. The molecule has 0 aliphatic rings. The van der Waals surface area contributed by atoms with E-state index in [1.165, 1.54) is 17.7 Å². The van der Waals surface area contributed by atoms with Gasteiger partial charge in [0, 0.05) is 12.1 Å². The number of phenols is 1. The molecule has 22 heavy (non-hydrogen) atoms. The van der Waals surface area contributed by atoms with E-state index in [4.69, 9.17) is 0 Å². The van der Waals surface area contributed by atoms with Gasteiger partial charge in [0.15, 0.2) is 5.78 Å². The van der Waals surface area contributed by atoms with Gasteiger partial charge >= 0.3 is 0 Å². The van der Waals surface area contributed by atoms with Crippen LogP contribution in [0.15, 0.2) is 48.5 Å². The zero-order valence-corrected chi connectivity index (χ0v) is 13.4. The van der Waals surface area contributed by atoms with Crippen LogP contribution >= 0.6 is 0 Å².